The normalized spacial score (nSPS) is 16.1. The standard InChI is InChI=1S/C13H23N3O/c1-4-16(10(2)3)9-13-7-12(15-17-13)8-14-11-5-6-11/h7,10-11,14H,4-6,8-9H2,1-3H3. The first-order chi connectivity index (χ1) is 8.19. The fourth-order valence-electron chi connectivity index (χ4n) is 1.91. The molecule has 96 valence electrons. The zero-order valence-corrected chi connectivity index (χ0v) is 11.1. The second kappa shape index (κ2) is 5.65. The number of nitrogens with one attached hydrogen (secondary N) is 1. The van der Waals surface area contributed by atoms with E-state index < -0.39 is 0 Å². The van der Waals surface area contributed by atoms with E-state index in [1.54, 1.807) is 0 Å². The molecule has 0 aliphatic heterocycles. The highest BCUT2D eigenvalue weighted by molar-refractivity contribution is 5.05. The van der Waals surface area contributed by atoms with Gasteiger partial charge in [-0.3, -0.25) is 4.90 Å². The van der Waals surface area contributed by atoms with Crippen LogP contribution < -0.4 is 5.32 Å². The van der Waals surface area contributed by atoms with Crippen LogP contribution in [0.3, 0.4) is 0 Å². The Kier molecular flexibility index (Phi) is 4.18. The van der Waals surface area contributed by atoms with Crippen LogP contribution in [0.5, 0.6) is 0 Å². The molecule has 4 heteroatoms. The molecule has 0 spiro atoms. The molecule has 0 radical (unpaired) electrons. The number of hydrogen-bond donors (Lipinski definition) is 1. The minimum absolute atomic E-state index is 0.540. The van der Waals surface area contributed by atoms with Crippen LogP contribution in [0.2, 0.25) is 0 Å². The summed E-state index contributed by atoms with van der Waals surface area (Å²) in [5.41, 5.74) is 1.02. The van der Waals surface area contributed by atoms with Gasteiger partial charge in [-0.15, -0.1) is 0 Å². The van der Waals surface area contributed by atoms with Crippen LogP contribution in [0.15, 0.2) is 10.6 Å². The maximum absolute atomic E-state index is 5.37. The van der Waals surface area contributed by atoms with Gasteiger partial charge in [0.25, 0.3) is 0 Å². The van der Waals surface area contributed by atoms with Crippen LogP contribution >= 0.6 is 0 Å². The largest absolute Gasteiger partial charge is 0.360 e. The number of hydrogen-bond acceptors (Lipinski definition) is 4. The second-order valence-corrected chi connectivity index (χ2v) is 5.10. The first-order valence-corrected chi connectivity index (χ1v) is 6.61. The lowest BCUT2D eigenvalue weighted by molar-refractivity contribution is 0.198. The SMILES string of the molecule is CCN(Cc1cc(CNC2CC2)no1)C(C)C. The Morgan fingerprint density at radius 1 is 1.53 bits per heavy atom. The number of rotatable bonds is 7. The van der Waals surface area contributed by atoms with Crippen molar-refractivity contribution < 1.29 is 4.52 Å². The van der Waals surface area contributed by atoms with E-state index >= 15 is 0 Å². The molecule has 1 fully saturated rings. The van der Waals surface area contributed by atoms with E-state index in [9.17, 15) is 0 Å². The van der Waals surface area contributed by atoms with Gasteiger partial charge in [-0.05, 0) is 33.2 Å². The van der Waals surface area contributed by atoms with Crippen molar-refractivity contribution in [1.29, 1.82) is 0 Å². The van der Waals surface area contributed by atoms with Gasteiger partial charge in [0, 0.05) is 24.7 Å². The maximum Gasteiger partial charge on any atom is 0.151 e. The van der Waals surface area contributed by atoms with Crippen molar-refractivity contribution in [2.75, 3.05) is 6.54 Å². The smallest absolute Gasteiger partial charge is 0.151 e. The summed E-state index contributed by atoms with van der Waals surface area (Å²) in [5, 5.41) is 7.54. The molecule has 2 rings (SSSR count). The topological polar surface area (TPSA) is 41.3 Å². The van der Waals surface area contributed by atoms with Crippen molar-refractivity contribution in [3.63, 3.8) is 0 Å². The maximum atomic E-state index is 5.37. The van der Waals surface area contributed by atoms with Crippen LogP contribution in [0.4, 0.5) is 0 Å². The quantitative estimate of drug-likeness (QED) is 0.789. The molecule has 1 aliphatic rings. The molecule has 1 heterocycles. The van der Waals surface area contributed by atoms with E-state index in [0.717, 1.165) is 37.1 Å². The molecule has 0 amide bonds. The Bertz CT molecular complexity index is 344. The molecule has 0 bridgehead atoms. The molecule has 17 heavy (non-hydrogen) atoms. The predicted octanol–water partition coefficient (Wildman–Crippen LogP) is 2.16. The third-order valence-electron chi connectivity index (χ3n) is 3.25. The lowest BCUT2D eigenvalue weighted by Crippen LogP contribution is -2.29. The molecular formula is C13H23N3O. The van der Waals surface area contributed by atoms with Crippen molar-refractivity contribution in [1.82, 2.24) is 15.4 Å². The molecule has 1 saturated carbocycles. The third kappa shape index (κ3) is 3.82. The molecule has 1 aromatic rings. The Morgan fingerprint density at radius 3 is 2.88 bits per heavy atom. The van der Waals surface area contributed by atoms with Crippen molar-refractivity contribution in [3.05, 3.63) is 17.5 Å². The zero-order valence-electron chi connectivity index (χ0n) is 11.1. The van der Waals surface area contributed by atoms with E-state index in [2.05, 4.69) is 42.2 Å². The summed E-state index contributed by atoms with van der Waals surface area (Å²) in [6.45, 7) is 9.30. The molecule has 4 nitrogen and oxygen atoms in total. The van der Waals surface area contributed by atoms with Gasteiger partial charge in [0.05, 0.1) is 12.2 Å². The minimum atomic E-state index is 0.540. The van der Waals surface area contributed by atoms with E-state index in [4.69, 9.17) is 4.52 Å². The van der Waals surface area contributed by atoms with Crippen LogP contribution in [-0.4, -0.2) is 28.7 Å². The highest BCUT2D eigenvalue weighted by atomic mass is 16.5. The monoisotopic (exact) mass is 237 g/mol. The summed E-state index contributed by atoms with van der Waals surface area (Å²) in [6, 6.07) is 3.33. The van der Waals surface area contributed by atoms with Gasteiger partial charge in [-0.1, -0.05) is 12.1 Å². The van der Waals surface area contributed by atoms with E-state index in [1.807, 2.05) is 0 Å². The average Bonchev–Trinajstić information content (AvgIpc) is 3.03. The molecule has 0 saturated heterocycles. The number of nitrogens with zero attached hydrogens (tertiary/aromatic N) is 2. The lowest BCUT2D eigenvalue weighted by Gasteiger charge is -2.22. The summed E-state index contributed by atoms with van der Waals surface area (Å²) in [6.07, 6.45) is 2.61. The highest BCUT2D eigenvalue weighted by Gasteiger charge is 2.20. The van der Waals surface area contributed by atoms with Crippen LogP contribution in [0.1, 0.15) is 45.1 Å². The summed E-state index contributed by atoms with van der Waals surface area (Å²) in [4.78, 5) is 2.36. The van der Waals surface area contributed by atoms with Gasteiger partial charge in [0.2, 0.25) is 0 Å². The summed E-state index contributed by atoms with van der Waals surface area (Å²) in [5.74, 6) is 0.966. The Labute approximate surface area is 103 Å². The molecule has 0 aromatic carbocycles. The fourth-order valence-corrected chi connectivity index (χ4v) is 1.91. The third-order valence-corrected chi connectivity index (χ3v) is 3.25. The van der Waals surface area contributed by atoms with E-state index in [0.29, 0.717) is 6.04 Å². The highest BCUT2D eigenvalue weighted by Crippen LogP contribution is 2.19. The van der Waals surface area contributed by atoms with E-state index in [1.165, 1.54) is 12.8 Å². The van der Waals surface area contributed by atoms with Gasteiger partial charge in [-0.25, -0.2) is 0 Å². The molecule has 0 unspecified atom stereocenters. The van der Waals surface area contributed by atoms with Gasteiger partial charge < -0.3 is 9.84 Å². The number of aromatic nitrogens is 1. The fraction of sp³-hybridized carbons (Fsp3) is 0.769. The van der Waals surface area contributed by atoms with Crippen LogP contribution in [0.25, 0.3) is 0 Å². The molecule has 0 atom stereocenters. The van der Waals surface area contributed by atoms with Crippen molar-refractivity contribution in [2.24, 2.45) is 0 Å². The van der Waals surface area contributed by atoms with E-state index in [-0.39, 0.29) is 0 Å². The summed E-state index contributed by atoms with van der Waals surface area (Å²) < 4.78 is 5.37. The second-order valence-electron chi connectivity index (χ2n) is 5.10. The molecule has 1 aliphatic carbocycles. The molecule has 1 N–H and O–H groups in total. The van der Waals surface area contributed by atoms with Gasteiger partial charge in [0.1, 0.15) is 0 Å². The predicted molar refractivity (Wildman–Crippen MR) is 67.6 cm³/mol. The van der Waals surface area contributed by atoms with Crippen molar-refractivity contribution in [2.45, 2.75) is 58.8 Å². The van der Waals surface area contributed by atoms with Gasteiger partial charge >= 0.3 is 0 Å². The van der Waals surface area contributed by atoms with Gasteiger partial charge in [0.15, 0.2) is 5.76 Å². The van der Waals surface area contributed by atoms with Crippen molar-refractivity contribution in [3.8, 4) is 0 Å². The first-order valence-electron chi connectivity index (χ1n) is 6.61. The van der Waals surface area contributed by atoms with Crippen molar-refractivity contribution >= 4 is 0 Å². The lowest BCUT2D eigenvalue weighted by atomic mass is 10.3. The van der Waals surface area contributed by atoms with Crippen LogP contribution in [0, 0.1) is 0 Å². The molecule has 1 aromatic heterocycles. The zero-order chi connectivity index (χ0) is 12.3. The first kappa shape index (κ1) is 12.6. The Hall–Kier alpha value is -0.870. The Morgan fingerprint density at radius 2 is 2.29 bits per heavy atom. The summed E-state index contributed by atoms with van der Waals surface area (Å²) in [7, 11) is 0. The minimum Gasteiger partial charge on any atom is -0.360 e. The Balaban J connectivity index is 1.83. The van der Waals surface area contributed by atoms with Crippen LogP contribution in [-0.2, 0) is 13.1 Å². The van der Waals surface area contributed by atoms with Gasteiger partial charge in [-0.2, -0.15) is 0 Å². The average molecular weight is 237 g/mol. The molecular weight excluding hydrogens is 214 g/mol. The summed E-state index contributed by atoms with van der Waals surface area (Å²) >= 11 is 0.